The van der Waals surface area contributed by atoms with E-state index in [-0.39, 0.29) is 4.47 Å². The third-order valence-electron chi connectivity index (χ3n) is 1.56. The second kappa shape index (κ2) is 5.41. The summed E-state index contributed by atoms with van der Waals surface area (Å²) in [5, 5.41) is 10.7. The first-order valence-corrected chi connectivity index (χ1v) is 4.95. The Morgan fingerprint density at radius 3 is 2.62 bits per heavy atom. The summed E-state index contributed by atoms with van der Waals surface area (Å²) in [5.74, 6) is -2.25. The summed E-state index contributed by atoms with van der Waals surface area (Å²) in [5.41, 5.74) is 0.369. The maximum absolute atomic E-state index is 12.8. The number of nitrogens with one attached hydrogen (secondary N) is 1. The van der Waals surface area contributed by atoms with Gasteiger partial charge in [0.2, 0.25) is 5.91 Å². The van der Waals surface area contributed by atoms with Crippen molar-refractivity contribution in [2.45, 2.75) is 0 Å². The monoisotopic (exact) mass is 287 g/mol. The Hall–Kier alpha value is -1.69. The summed E-state index contributed by atoms with van der Waals surface area (Å²) in [6.45, 7) is 0. The van der Waals surface area contributed by atoms with Gasteiger partial charge < -0.3 is 10.4 Å². The van der Waals surface area contributed by atoms with Crippen LogP contribution in [0.3, 0.4) is 0 Å². The van der Waals surface area contributed by atoms with Crippen LogP contribution >= 0.6 is 15.9 Å². The van der Waals surface area contributed by atoms with Crippen LogP contribution in [0.2, 0.25) is 0 Å². The second-order valence-electron chi connectivity index (χ2n) is 2.79. The molecular weight excluding hydrogens is 281 g/mol. The quantitative estimate of drug-likeness (QED) is 0.838. The molecule has 6 heteroatoms. The fourth-order valence-electron chi connectivity index (χ4n) is 0.905. The van der Waals surface area contributed by atoms with E-state index in [0.717, 1.165) is 6.08 Å². The summed E-state index contributed by atoms with van der Waals surface area (Å²) in [7, 11) is 0. The van der Waals surface area contributed by atoms with Crippen LogP contribution in [0.4, 0.5) is 10.1 Å². The van der Waals surface area contributed by atoms with Gasteiger partial charge in [0.1, 0.15) is 5.82 Å². The smallest absolute Gasteiger partial charge is 0.328 e. The molecule has 0 unspecified atom stereocenters. The number of carbonyl (C=O) groups excluding carboxylic acids is 1. The van der Waals surface area contributed by atoms with E-state index in [0.29, 0.717) is 11.8 Å². The molecular formula is C10H7BrFNO3. The van der Waals surface area contributed by atoms with Gasteiger partial charge in [-0.15, -0.1) is 0 Å². The third kappa shape index (κ3) is 3.82. The molecule has 0 radical (unpaired) electrons. The fourth-order valence-corrected chi connectivity index (χ4v) is 1.28. The Labute approximate surface area is 98.9 Å². The van der Waals surface area contributed by atoms with Gasteiger partial charge in [0.05, 0.1) is 4.47 Å². The number of hydrogen-bond donors (Lipinski definition) is 2. The lowest BCUT2D eigenvalue weighted by molar-refractivity contribution is -0.131. The zero-order valence-corrected chi connectivity index (χ0v) is 9.49. The number of amides is 1. The van der Waals surface area contributed by atoms with E-state index in [4.69, 9.17) is 5.11 Å². The molecule has 0 aliphatic carbocycles. The minimum atomic E-state index is -1.21. The highest BCUT2D eigenvalue weighted by Gasteiger charge is 2.02. The van der Waals surface area contributed by atoms with Gasteiger partial charge in [-0.3, -0.25) is 4.79 Å². The summed E-state index contributed by atoms with van der Waals surface area (Å²) in [6.07, 6.45) is 1.59. The number of benzene rings is 1. The Bertz CT molecular complexity index is 459. The topological polar surface area (TPSA) is 66.4 Å². The number of carbonyl (C=O) groups is 2. The van der Waals surface area contributed by atoms with Crippen molar-refractivity contribution in [2.24, 2.45) is 0 Å². The highest BCUT2D eigenvalue weighted by Crippen LogP contribution is 2.19. The minimum absolute atomic E-state index is 0.215. The Morgan fingerprint density at radius 2 is 2.06 bits per heavy atom. The second-order valence-corrected chi connectivity index (χ2v) is 3.64. The Kier molecular flexibility index (Phi) is 4.19. The van der Waals surface area contributed by atoms with Gasteiger partial charge in [0.25, 0.3) is 0 Å². The van der Waals surface area contributed by atoms with Crippen LogP contribution in [0.1, 0.15) is 0 Å². The van der Waals surface area contributed by atoms with Crippen LogP contribution in [-0.2, 0) is 9.59 Å². The first-order valence-electron chi connectivity index (χ1n) is 4.16. The number of anilines is 1. The van der Waals surface area contributed by atoms with E-state index in [2.05, 4.69) is 21.2 Å². The molecule has 16 heavy (non-hydrogen) atoms. The van der Waals surface area contributed by atoms with Crippen LogP contribution in [0.15, 0.2) is 34.8 Å². The minimum Gasteiger partial charge on any atom is -0.478 e. The Morgan fingerprint density at radius 1 is 1.38 bits per heavy atom. The predicted octanol–water partition coefficient (Wildman–Crippen LogP) is 2.17. The molecule has 0 spiro atoms. The fraction of sp³-hybridized carbons (Fsp3) is 0. The van der Waals surface area contributed by atoms with E-state index in [1.54, 1.807) is 0 Å². The number of aliphatic carboxylic acids is 1. The highest BCUT2D eigenvalue weighted by molar-refractivity contribution is 9.10. The number of halogens is 2. The van der Waals surface area contributed by atoms with Crippen LogP contribution < -0.4 is 5.32 Å². The standard InChI is InChI=1S/C10H7BrFNO3/c11-7-5-6(1-2-8(7)12)13-9(14)3-4-10(15)16/h1-5H,(H,13,14)(H,15,16)/b4-3+. The largest absolute Gasteiger partial charge is 0.478 e. The summed E-state index contributed by atoms with van der Waals surface area (Å²) in [6, 6.07) is 3.93. The number of carboxylic acids is 1. The Balaban J connectivity index is 2.70. The van der Waals surface area contributed by atoms with Crippen LogP contribution in [0, 0.1) is 5.82 Å². The van der Waals surface area contributed by atoms with Gasteiger partial charge in [-0.2, -0.15) is 0 Å². The molecule has 4 nitrogen and oxygen atoms in total. The van der Waals surface area contributed by atoms with Crippen molar-refractivity contribution in [3.63, 3.8) is 0 Å². The molecule has 0 aliphatic rings. The van der Waals surface area contributed by atoms with Crippen molar-refractivity contribution in [3.8, 4) is 0 Å². The van der Waals surface area contributed by atoms with Crippen LogP contribution in [0.5, 0.6) is 0 Å². The molecule has 0 aliphatic heterocycles. The molecule has 1 aromatic rings. The third-order valence-corrected chi connectivity index (χ3v) is 2.17. The molecule has 1 amide bonds. The molecule has 0 aromatic heterocycles. The number of hydrogen-bond acceptors (Lipinski definition) is 2. The molecule has 0 bridgehead atoms. The summed E-state index contributed by atoms with van der Waals surface area (Å²) < 4.78 is 13.1. The normalized spacial score (nSPS) is 10.4. The summed E-state index contributed by atoms with van der Waals surface area (Å²) in [4.78, 5) is 21.3. The van der Waals surface area contributed by atoms with Crippen LogP contribution in [-0.4, -0.2) is 17.0 Å². The molecule has 0 saturated carbocycles. The van der Waals surface area contributed by atoms with Crippen molar-refractivity contribution < 1.29 is 19.1 Å². The summed E-state index contributed by atoms with van der Waals surface area (Å²) >= 11 is 2.96. The SMILES string of the molecule is O=C(O)/C=C/C(=O)Nc1ccc(F)c(Br)c1. The molecule has 1 rings (SSSR count). The average Bonchev–Trinajstić information content (AvgIpc) is 2.21. The lowest BCUT2D eigenvalue weighted by atomic mass is 10.3. The molecule has 1 aromatic carbocycles. The molecule has 84 valence electrons. The molecule has 2 N–H and O–H groups in total. The van der Waals surface area contributed by atoms with E-state index in [1.165, 1.54) is 18.2 Å². The van der Waals surface area contributed by atoms with Gasteiger partial charge in [-0.25, -0.2) is 9.18 Å². The van der Waals surface area contributed by atoms with Crippen LogP contribution in [0.25, 0.3) is 0 Å². The molecule has 0 heterocycles. The van der Waals surface area contributed by atoms with E-state index in [1.807, 2.05) is 0 Å². The van der Waals surface area contributed by atoms with Crippen molar-refractivity contribution in [3.05, 3.63) is 40.6 Å². The van der Waals surface area contributed by atoms with Gasteiger partial charge in [-0.05, 0) is 34.1 Å². The first-order chi connectivity index (χ1) is 7.49. The van der Waals surface area contributed by atoms with Gasteiger partial charge in [0.15, 0.2) is 0 Å². The number of rotatable bonds is 3. The lowest BCUT2D eigenvalue weighted by Gasteiger charge is -2.02. The van der Waals surface area contributed by atoms with E-state index in [9.17, 15) is 14.0 Å². The van der Waals surface area contributed by atoms with E-state index < -0.39 is 17.7 Å². The first kappa shape index (κ1) is 12.4. The number of carboxylic acid groups (broad SMARTS) is 1. The molecule has 0 saturated heterocycles. The van der Waals surface area contributed by atoms with Crippen molar-refractivity contribution in [2.75, 3.05) is 5.32 Å². The van der Waals surface area contributed by atoms with Crippen molar-refractivity contribution >= 4 is 33.5 Å². The van der Waals surface area contributed by atoms with Gasteiger partial charge >= 0.3 is 5.97 Å². The average molecular weight is 288 g/mol. The zero-order valence-electron chi connectivity index (χ0n) is 7.91. The zero-order chi connectivity index (χ0) is 12.1. The molecule has 0 atom stereocenters. The van der Waals surface area contributed by atoms with Gasteiger partial charge in [-0.1, -0.05) is 0 Å². The maximum Gasteiger partial charge on any atom is 0.328 e. The van der Waals surface area contributed by atoms with E-state index >= 15 is 0 Å². The van der Waals surface area contributed by atoms with Crippen molar-refractivity contribution in [1.82, 2.24) is 0 Å². The molecule has 0 fully saturated rings. The maximum atomic E-state index is 12.8. The van der Waals surface area contributed by atoms with Gasteiger partial charge in [0, 0.05) is 17.8 Å². The highest BCUT2D eigenvalue weighted by atomic mass is 79.9. The predicted molar refractivity (Wildman–Crippen MR) is 59.5 cm³/mol. The lowest BCUT2D eigenvalue weighted by Crippen LogP contribution is -2.08. The van der Waals surface area contributed by atoms with Crippen molar-refractivity contribution in [1.29, 1.82) is 0 Å².